The van der Waals surface area contributed by atoms with E-state index in [9.17, 15) is 0 Å². The van der Waals surface area contributed by atoms with Crippen LogP contribution in [0.15, 0.2) is 234 Å². The van der Waals surface area contributed by atoms with Gasteiger partial charge < -0.3 is 39.4 Å². The molecule has 12 aromatic rings. The molecule has 0 saturated carbocycles. The molecule has 0 amide bonds. The molecular formula is C61H55Ir2N4O6-3. The Morgan fingerprint density at radius 1 is 0.370 bits per heavy atom. The van der Waals surface area contributed by atoms with Gasteiger partial charge in [-0.15, -0.1) is 113 Å². The van der Waals surface area contributed by atoms with Gasteiger partial charge in [0.25, 0.3) is 0 Å². The van der Waals surface area contributed by atoms with Crippen molar-refractivity contribution in [3.05, 3.63) is 243 Å². The molecular weight excluding hydrogens is 1270 g/mol. The molecule has 0 aliphatic carbocycles. The van der Waals surface area contributed by atoms with Crippen LogP contribution in [0.1, 0.15) is 6.92 Å². The Hall–Kier alpha value is -7.34. The topological polar surface area (TPSA) is 159 Å². The second-order valence-corrected chi connectivity index (χ2v) is 14.3. The molecule has 0 atom stereocenters. The second-order valence-electron chi connectivity index (χ2n) is 14.3. The van der Waals surface area contributed by atoms with Crippen LogP contribution < -0.4 is 0 Å². The average Bonchev–Trinajstić information content (AvgIpc) is 4.12. The minimum Gasteiger partial charge on any atom is -0.400 e. The van der Waals surface area contributed by atoms with Crippen LogP contribution in [0, 0.1) is 18.2 Å². The third-order valence-electron chi connectivity index (χ3n) is 10.0. The summed E-state index contributed by atoms with van der Waals surface area (Å²) in [7, 11) is 3.00. The molecule has 12 heteroatoms. The van der Waals surface area contributed by atoms with Crippen molar-refractivity contribution < 1.29 is 69.7 Å². The van der Waals surface area contributed by atoms with Gasteiger partial charge in [-0.05, 0) is 70.2 Å². The summed E-state index contributed by atoms with van der Waals surface area (Å²) in [6, 6.07) is 79.6. The van der Waals surface area contributed by atoms with E-state index in [4.69, 9.17) is 29.5 Å². The first-order chi connectivity index (χ1) is 35.2. The van der Waals surface area contributed by atoms with Crippen molar-refractivity contribution in [2.24, 2.45) is 0 Å². The SMILES string of the molecule is CCO.CO.CO.CO.[Ir].[Ir].[c-]1ccccc1-c1nccc2ccccc12.[c-]1ccccc1-c1nccc2ccccc12.[c-]1ccccc1-c1noc2ccccc12.c1ccc(-c2noc3ccccc23)cc1. The number of rotatable bonds is 4. The number of benzene rings is 8. The van der Waals surface area contributed by atoms with Crippen molar-refractivity contribution >= 4 is 43.5 Å². The quantitative estimate of drug-likeness (QED) is 0.125. The molecule has 376 valence electrons. The van der Waals surface area contributed by atoms with Crippen molar-refractivity contribution in [1.29, 1.82) is 0 Å². The van der Waals surface area contributed by atoms with Gasteiger partial charge in [0, 0.05) is 103 Å². The molecule has 2 radical (unpaired) electrons. The molecule has 10 nitrogen and oxygen atoms in total. The number of aliphatic hydroxyl groups excluding tert-OH is 4. The molecule has 73 heavy (non-hydrogen) atoms. The molecule has 0 aliphatic heterocycles. The zero-order chi connectivity index (χ0) is 50.5. The van der Waals surface area contributed by atoms with Crippen LogP contribution in [0.4, 0.5) is 0 Å². The first kappa shape index (κ1) is 60.0. The summed E-state index contributed by atoms with van der Waals surface area (Å²) in [5, 5.41) is 43.6. The molecule has 0 saturated heterocycles. The van der Waals surface area contributed by atoms with Crippen molar-refractivity contribution in [1.82, 2.24) is 20.3 Å². The molecule has 4 aromatic heterocycles. The van der Waals surface area contributed by atoms with Gasteiger partial charge in [-0.1, -0.05) is 114 Å². The van der Waals surface area contributed by atoms with E-state index in [1.165, 1.54) is 21.5 Å². The Morgan fingerprint density at radius 3 is 1.11 bits per heavy atom. The van der Waals surface area contributed by atoms with Crippen LogP contribution in [-0.2, 0) is 40.2 Å². The molecule has 0 bridgehead atoms. The Morgan fingerprint density at radius 2 is 0.699 bits per heavy atom. The van der Waals surface area contributed by atoms with Gasteiger partial charge in [-0.2, -0.15) is 0 Å². The zero-order valence-corrected chi connectivity index (χ0v) is 45.4. The van der Waals surface area contributed by atoms with Gasteiger partial charge in [0.2, 0.25) is 0 Å². The Kier molecular flexibility index (Phi) is 28.0. The number of pyridine rings is 2. The molecule has 0 aliphatic rings. The molecule has 12 rings (SSSR count). The number of fused-ring (bicyclic) bond motifs is 4. The molecule has 0 spiro atoms. The summed E-state index contributed by atoms with van der Waals surface area (Å²) in [5.41, 5.74) is 9.53. The van der Waals surface area contributed by atoms with E-state index in [0.29, 0.717) is 0 Å². The van der Waals surface area contributed by atoms with Gasteiger partial charge >= 0.3 is 0 Å². The minimum atomic E-state index is 0. The summed E-state index contributed by atoms with van der Waals surface area (Å²) in [6.45, 7) is 1.93. The Bertz CT molecular complexity index is 3110. The van der Waals surface area contributed by atoms with E-state index in [1.54, 1.807) is 6.92 Å². The maximum atomic E-state index is 7.57. The third-order valence-corrected chi connectivity index (χ3v) is 10.0. The van der Waals surface area contributed by atoms with E-state index >= 15 is 0 Å². The minimum absolute atomic E-state index is 0. The molecule has 0 fully saturated rings. The van der Waals surface area contributed by atoms with Crippen LogP contribution in [-0.4, -0.2) is 68.6 Å². The maximum absolute atomic E-state index is 7.57. The fraction of sp³-hybridized carbons (Fsp3) is 0.0820. The number of nitrogens with zero attached hydrogens (tertiary/aromatic N) is 4. The molecule has 0 unspecified atom stereocenters. The number of aliphatic hydroxyl groups is 4. The van der Waals surface area contributed by atoms with Gasteiger partial charge in [-0.25, -0.2) is 0 Å². The fourth-order valence-electron chi connectivity index (χ4n) is 7.06. The van der Waals surface area contributed by atoms with Crippen molar-refractivity contribution in [2.75, 3.05) is 27.9 Å². The first-order valence-corrected chi connectivity index (χ1v) is 22.5. The van der Waals surface area contributed by atoms with E-state index in [0.717, 1.165) is 88.3 Å². The smallest absolute Gasteiger partial charge is 0.167 e. The predicted molar refractivity (Wildman–Crippen MR) is 287 cm³/mol. The summed E-state index contributed by atoms with van der Waals surface area (Å²) in [6.07, 6.45) is 3.69. The number of hydrogen-bond donors (Lipinski definition) is 4. The summed E-state index contributed by atoms with van der Waals surface area (Å²) in [4.78, 5) is 8.89. The molecule has 4 heterocycles. The van der Waals surface area contributed by atoms with Crippen LogP contribution in [0.5, 0.6) is 0 Å². The van der Waals surface area contributed by atoms with Gasteiger partial charge in [0.1, 0.15) is 5.69 Å². The normalized spacial score (nSPS) is 9.48. The van der Waals surface area contributed by atoms with Crippen molar-refractivity contribution in [2.45, 2.75) is 6.92 Å². The maximum Gasteiger partial charge on any atom is 0.167 e. The Labute approximate surface area is 453 Å². The number of para-hydroxylation sites is 2. The number of aromatic nitrogens is 4. The van der Waals surface area contributed by atoms with Gasteiger partial charge in [0.15, 0.2) is 11.2 Å². The Balaban J connectivity index is 0.000000242. The van der Waals surface area contributed by atoms with Crippen molar-refractivity contribution in [3.63, 3.8) is 0 Å². The summed E-state index contributed by atoms with van der Waals surface area (Å²) >= 11 is 0. The van der Waals surface area contributed by atoms with E-state index in [-0.39, 0.29) is 46.8 Å². The van der Waals surface area contributed by atoms with Gasteiger partial charge in [0.05, 0.1) is 0 Å². The monoisotopic (exact) mass is 1330 g/mol. The summed E-state index contributed by atoms with van der Waals surface area (Å²) in [5.74, 6) is 0. The van der Waals surface area contributed by atoms with Crippen molar-refractivity contribution in [3.8, 4) is 45.0 Å². The largest absolute Gasteiger partial charge is 0.400 e. The van der Waals surface area contributed by atoms with Gasteiger partial charge in [-0.3, -0.25) is 0 Å². The molecule has 4 N–H and O–H groups in total. The zero-order valence-electron chi connectivity index (χ0n) is 40.6. The van der Waals surface area contributed by atoms with Crippen LogP contribution in [0.25, 0.3) is 88.5 Å². The second kappa shape index (κ2) is 34.1. The predicted octanol–water partition coefficient (Wildman–Crippen LogP) is 13.0. The van der Waals surface area contributed by atoms with Crippen LogP contribution in [0.3, 0.4) is 0 Å². The fourth-order valence-corrected chi connectivity index (χ4v) is 7.06. The number of hydrogen-bond acceptors (Lipinski definition) is 10. The van der Waals surface area contributed by atoms with Crippen LogP contribution in [0.2, 0.25) is 0 Å². The third kappa shape index (κ3) is 16.9. The van der Waals surface area contributed by atoms with E-state index in [1.807, 2.05) is 200 Å². The standard InChI is InChI=1S/2C15H10N.C13H9NO.C13H8NO.C2H6O.3CH4O.2Ir/c2*1-2-7-13(8-3-1)15-14-9-5-4-6-12(14)10-11-16-15;2*1-2-6-10(7-3-1)13-11-8-4-5-9-12(11)15-14-13;1-2-3;3*1-2;;/h2*1-7,9-11H;1-9H;1-6,8-9H;3H,2H2,1H3;3*2H,1H3;;/q2*-1;;-1;;;;;;. The van der Waals surface area contributed by atoms with E-state index < -0.39 is 0 Å². The summed E-state index contributed by atoms with van der Waals surface area (Å²) < 4.78 is 10.5. The average molecular weight is 1320 g/mol. The van der Waals surface area contributed by atoms with Crippen LogP contribution >= 0.6 is 0 Å². The first-order valence-electron chi connectivity index (χ1n) is 22.5. The molecule has 8 aromatic carbocycles. The van der Waals surface area contributed by atoms with E-state index in [2.05, 4.69) is 62.7 Å².